The number of carbonyl (C=O) groups excluding carboxylic acids is 3. The van der Waals surface area contributed by atoms with E-state index in [0.717, 1.165) is 32.1 Å². The van der Waals surface area contributed by atoms with Crippen molar-refractivity contribution < 1.29 is 19.1 Å². The molecule has 0 radical (unpaired) electrons. The molecular weight excluding hydrogens is 466 g/mol. The van der Waals surface area contributed by atoms with E-state index in [1.165, 1.54) is 0 Å². The van der Waals surface area contributed by atoms with Gasteiger partial charge in [0.15, 0.2) is 0 Å². The van der Waals surface area contributed by atoms with Gasteiger partial charge in [0.05, 0.1) is 0 Å². The summed E-state index contributed by atoms with van der Waals surface area (Å²) >= 11 is 0. The van der Waals surface area contributed by atoms with Gasteiger partial charge in [-0.05, 0) is 70.9 Å². The Labute approximate surface area is 223 Å². The van der Waals surface area contributed by atoms with Crippen LogP contribution in [0.15, 0.2) is 24.3 Å². The highest BCUT2D eigenvalue weighted by Crippen LogP contribution is 2.35. The van der Waals surface area contributed by atoms with Crippen molar-refractivity contribution in [3.63, 3.8) is 0 Å². The van der Waals surface area contributed by atoms with Crippen LogP contribution >= 0.6 is 0 Å². The Morgan fingerprint density at radius 1 is 1.14 bits per heavy atom. The third kappa shape index (κ3) is 8.24. The first-order valence-corrected chi connectivity index (χ1v) is 13.6. The van der Waals surface area contributed by atoms with E-state index in [9.17, 15) is 14.4 Å². The van der Waals surface area contributed by atoms with Gasteiger partial charge in [-0.2, -0.15) is 0 Å². The normalized spacial score (nSPS) is 16.8. The number of benzene rings is 1. The maximum atomic E-state index is 14.3. The summed E-state index contributed by atoms with van der Waals surface area (Å²) < 4.78 is 5.48. The van der Waals surface area contributed by atoms with E-state index >= 15 is 0 Å². The van der Waals surface area contributed by atoms with E-state index in [1.54, 1.807) is 31.7 Å². The second-order valence-electron chi connectivity index (χ2n) is 11.2. The first kappa shape index (κ1) is 30.2. The predicted octanol–water partition coefficient (Wildman–Crippen LogP) is 5.33. The van der Waals surface area contributed by atoms with Gasteiger partial charge in [-0.3, -0.25) is 9.59 Å². The second-order valence-corrected chi connectivity index (χ2v) is 11.2. The summed E-state index contributed by atoms with van der Waals surface area (Å²) in [4.78, 5) is 42.6. The van der Waals surface area contributed by atoms with Crippen LogP contribution < -0.4 is 10.6 Å². The SMILES string of the molecule is C#Cc1ccccc1C(C(=O)NC(C)CCC)N(C(=O)C(NC(=O)OC(C)(C)C)C(C)CC)C1CCC1. The number of nitrogens with zero attached hydrogens (tertiary/aromatic N) is 1. The zero-order chi connectivity index (χ0) is 27.8. The summed E-state index contributed by atoms with van der Waals surface area (Å²) in [5.41, 5.74) is 0.486. The van der Waals surface area contributed by atoms with Crippen LogP contribution in [0.5, 0.6) is 0 Å². The molecule has 0 heterocycles. The molecule has 204 valence electrons. The van der Waals surface area contributed by atoms with E-state index in [-0.39, 0.29) is 29.8 Å². The molecule has 1 saturated carbocycles. The summed E-state index contributed by atoms with van der Waals surface area (Å²) in [6.45, 7) is 13.3. The Hall–Kier alpha value is -3.01. The zero-order valence-electron chi connectivity index (χ0n) is 23.6. The molecule has 1 fully saturated rings. The van der Waals surface area contributed by atoms with Gasteiger partial charge in [0.2, 0.25) is 11.8 Å². The number of amides is 3. The quantitative estimate of drug-likeness (QED) is 0.393. The van der Waals surface area contributed by atoms with E-state index in [0.29, 0.717) is 17.5 Å². The van der Waals surface area contributed by atoms with Gasteiger partial charge in [0.1, 0.15) is 17.7 Å². The van der Waals surface area contributed by atoms with E-state index < -0.39 is 23.8 Å². The van der Waals surface area contributed by atoms with Crippen molar-refractivity contribution in [2.45, 2.75) is 117 Å². The van der Waals surface area contributed by atoms with Gasteiger partial charge in [-0.15, -0.1) is 6.42 Å². The molecule has 7 heteroatoms. The Bertz CT molecular complexity index is 974. The summed E-state index contributed by atoms with van der Waals surface area (Å²) in [7, 11) is 0. The average Bonchev–Trinajstić information content (AvgIpc) is 2.79. The Kier molecular flexibility index (Phi) is 11.0. The monoisotopic (exact) mass is 511 g/mol. The highest BCUT2D eigenvalue weighted by atomic mass is 16.6. The molecule has 0 bridgehead atoms. The number of alkyl carbamates (subject to hydrolysis) is 1. The van der Waals surface area contributed by atoms with Crippen LogP contribution in [0.4, 0.5) is 4.79 Å². The summed E-state index contributed by atoms with van der Waals surface area (Å²) in [6.07, 6.45) is 10.1. The van der Waals surface area contributed by atoms with Gasteiger partial charge in [-0.1, -0.05) is 57.7 Å². The van der Waals surface area contributed by atoms with Crippen molar-refractivity contribution in [3.05, 3.63) is 35.4 Å². The minimum atomic E-state index is -0.906. The fraction of sp³-hybridized carbons (Fsp3) is 0.633. The van der Waals surface area contributed by atoms with E-state index in [1.807, 2.05) is 39.0 Å². The molecule has 2 rings (SSSR count). The van der Waals surface area contributed by atoms with Gasteiger partial charge in [0, 0.05) is 17.6 Å². The number of hydrogen-bond acceptors (Lipinski definition) is 4. The molecule has 3 amide bonds. The van der Waals surface area contributed by atoms with Crippen LogP contribution in [0.25, 0.3) is 0 Å². The molecule has 4 unspecified atom stereocenters. The predicted molar refractivity (Wildman–Crippen MR) is 147 cm³/mol. The molecule has 37 heavy (non-hydrogen) atoms. The lowest BCUT2D eigenvalue weighted by molar-refractivity contribution is -0.148. The summed E-state index contributed by atoms with van der Waals surface area (Å²) in [5.74, 6) is 1.97. The highest BCUT2D eigenvalue weighted by molar-refractivity contribution is 5.93. The van der Waals surface area contributed by atoms with Crippen molar-refractivity contribution >= 4 is 17.9 Å². The number of carbonyl (C=O) groups is 3. The molecule has 2 N–H and O–H groups in total. The lowest BCUT2D eigenvalue weighted by Crippen LogP contribution is -2.59. The Morgan fingerprint density at radius 3 is 2.30 bits per heavy atom. The fourth-order valence-electron chi connectivity index (χ4n) is 4.57. The number of rotatable bonds is 11. The third-order valence-corrected chi connectivity index (χ3v) is 6.92. The molecule has 0 aromatic heterocycles. The van der Waals surface area contributed by atoms with Crippen LogP contribution in [0, 0.1) is 18.3 Å². The standard InChI is InChI=1S/C30H45N3O4/c1-9-15-21(5)31-27(34)26(24-19-13-12-16-22(24)11-3)33(23-17-14-18-23)28(35)25(20(4)10-2)32-29(36)37-30(6,7)8/h3,12-13,16,19-21,23,25-26H,9-10,14-15,17-18H2,1-2,4-8H3,(H,31,34)(H,32,36). The minimum absolute atomic E-state index is 0.0541. The minimum Gasteiger partial charge on any atom is -0.444 e. The third-order valence-electron chi connectivity index (χ3n) is 6.92. The molecule has 0 saturated heterocycles. The van der Waals surface area contributed by atoms with Crippen molar-refractivity contribution in [1.82, 2.24) is 15.5 Å². The summed E-state index contributed by atoms with van der Waals surface area (Å²) in [6, 6.07) is 5.35. The zero-order valence-corrected chi connectivity index (χ0v) is 23.6. The molecule has 1 aromatic carbocycles. The van der Waals surface area contributed by atoms with Crippen molar-refractivity contribution in [2.24, 2.45) is 5.92 Å². The second kappa shape index (κ2) is 13.5. The highest BCUT2D eigenvalue weighted by Gasteiger charge is 2.43. The van der Waals surface area contributed by atoms with E-state index in [2.05, 4.69) is 23.5 Å². The molecule has 0 spiro atoms. The maximum Gasteiger partial charge on any atom is 0.408 e. The molecule has 1 aliphatic rings. The fourth-order valence-corrected chi connectivity index (χ4v) is 4.57. The smallest absolute Gasteiger partial charge is 0.408 e. The molecule has 4 atom stereocenters. The molecule has 1 aromatic rings. The topological polar surface area (TPSA) is 87.7 Å². The summed E-state index contributed by atoms with van der Waals surface area (Å²) in [5, 5.41) is 5.93. The van der Waals surface area contributed by atoms with Crippen LogP contribution in [-0.4, -0.2) is 46.5 Å². The van der Waals surface area contributed by atoms with Gasteiger partial charge >= 0.3 is 6.09 Å². The van der Waals surface area contributed by atoms with Crippen molar-refractivity contribution in [1.29, 1.82) is 0 Å². The van der Waals surface area contributed by atoms with Crippen LogP contribution in [0.3, 0.4) is 0 Å². The van der Waals surface area contributed by atoms with E-state index in [4.69, 9.17) is 11.2 Å². The van der Waals surface area contributed by atoms with Crippen molar-refractivity contribution in [3.8, 4) is 12.3 Å². The molecular formula is C30H45N3O4. The first-order chi connectivity index (χ1) is 17.4. The van der Waals surface area contributed by atoms with Gasteiger partial charge in [0.25, 0.3) is 0 Å². The maximum absolute atomic E-state index is 14.3. The lowest BCUT2D eigenvalue weighted by atomic mass is 9.86. The van der Waals surface area contributed by atoms with Gasteiger partial charge in [-0.25, -0.2) is 4.79 Å². The van der Waals surface area contributed by atoms with Crippen LogP contribution in [0.1, 0.15) is 104 Å². The molecule has 1 aliphatic carbocycles. The number of terminal acetylenes is 1. The average molecular weight is 512 g/mol. The van der Waals surface area contributed by atoms with Crippen LogP contribution in [-0.2, 0) is 14.3 Å². The van der Waals surface area contributed by atoms with Gasteiger partial charge < -0.3 is 20.3 Å². The lowest BCUT2D eigenvalue weighted by Gasteiger charge is -2.44. The Balaban J connectivity index is 2.57. The van der Waals surface area contributed by atoms with Crippen LogP contribution in [0.2, 0.25) is 0 Å². The number of nitrogens with one attached hydrogen (secondary N) is 2. The Morgan fingerprint density at radius 2 is 1.78 bits per heavy atom. The number of hydrogen-bond donors (Lipinski definition) is 2. The first-order valence-electron chi connectivity index (χ1n) is 13.6. The number of ether oxygens (including phenoxy) is 1. The van der Waals surface area contributed by atoms with Crippen molar-refractivity contribution in [2.75, 3.05) is 0 Å². The largest absolute Gasteiger partial charge is 0.444 e. The molecule has 0 aliphatic heterocycles. The molecule has 7 nitrogen and oxygen atoms in total.